The first kappa shape index (κ1) is 16.4. The third-order valence-corrected chi connectivity index (χ3v) is 4.42. The van der Waals surface area contributed by atoms with Gasteiger partial charge in [-0.2, -0.15) is 0 Å². The molecule has 23 heavy (non-hydrogen) atoms. The number of nitrogens with zero attached hydrogens (tertiary/aromatic N) is 3. The van der Waals surface area contributed by atoms with Crippen molar-refractivity contribution in [3.05, 3.63) is 35.9 Å². The van der Waals surface area contributed by atoms with Crippen molar-refractivity contribution < 1.29 is 9.94 Å². The maximum Gasteiger partial charge on any atom is 0.211 e. The molecule has 1 aromatic rings. The van der Waals surface area contributed by atoms with Gasteiger partial charge >= 0.3 is 0 Å². The predicted molar refractivity (Wildman–Crippen MR) is 90.0 cm³/mol. The Bertz CT molecular complexity index is 501. The Morgan fingerprint density at radius 3 is 2.48 bits per heavy atom. The molecule has 0 amide bonds. The standard InChI is InChI=1S/C17H26N4O2/c22-14-13-21-11-9-20(10-12-21)8-4-7-16-18-17(19-23-16)15-5-2-1-3-6-15/h1-3,5-6,17,19,22H,4,7-14H2/t17-/m0/s1. The monoisotopic (exact) mass is 318 g/mol. The molecular weight excluding hydrogens is 292 g/mol. The van der Waals surface area contributed by atoms with Crippen LogP contribution in [-0.4, -0.2) is 66.7 Å². The summed E-state index contributed by atoms with van der Waals surface area (Å²) in [4.78, 5) is 14.9. The largest absolute Gasteiger partial charge is 0.395 e. The quantitative estimate of drug-likeness (QED) is 0.786. The SMILES string of the molecule is OCCN1CCN(CCCC2=N[C@H](c3ccccc3)NO2)CC1. The summed E-state index contributed by atoms with van der Waals surface area (Å²) in [6, 6.07) is 10.1. The molecule has 1 atom stereocenters. The summed E-state index contributed by atoms with van der Waals surface area (Å²) in [5.41, 5.74) is 4.11. The lowest BCUT2D eigenvalue weighted by Gasteiger charge is -2.34. The van der Waals surface area contributed by atoms with Crippen molar-refractivity contribution in [2.45, 2.75) is 19.0 Å². The van der Waals surface area contributed by atoms with Gasteiger partial charge in [0.05, 0.1) is 6.61 Å². The first-order chi connectivity index (χ1) is 11.3. The van der Waals surface area contributed by atoms with Crippen LogP contribution in [0.5, 0.6) is 0 Å². The lowest BCUT2D eigenvalue weighted by Crippen LogP contribution is -2.47. The molecule has 0 aliphatic carbocycles. The van der Waals surface area contributed by atoms with E-state index in [2.05, 4.69) is 32.4 Å². The van der Waals surface area contributed by atoms with Gasteiger partial charge in [-0.15, -0.1) is 5.48 Å². The lowest BCUT2D eigenvalue weighted by molar-refractivity contribution is 0.111. The second-order valence-corrected chi connectivity index (χ2v) is 6.07. The number of aliphatic hydroxyl groups excluding tert-OH is 1. The van der Waals surface area contributed by atoms with Crippen LogP contribution in [0.3, 0.4) is 0 Å². The molecule has 0 saturated carbocycles. The molecular formula is C17H26N4O2. The average Bonchev–Trinajstić information content (AvgIpc) is 3.06. The van der Waals surface area contributed by atoms with Crippen molar-refractivity contribution in [3.63, 3.8) is 0 Å². The smallest absolute Gasteiger partial charge is 0.211 e. The van der Waals surface area contributed by atoms with Crippen LogP contribution in [0.25, 0.3) is 0 Å². The highest BCUT2D eigenvalue weighted by Gasteiger charge is 2.20. The van der Waals surface area contributed by atoms with E-state index >= 15 is 0 Å². The minimum Gasteiger partial charge on any atom is -0.395 e. The molecule has 0 radical (unpaired) electrons. The van der Waals surface area contributed by atoms with E-state index in [1.807, 2.05) is 18.2 Å². The molecule has 0 spiro atoms. The van der Waals surface area contributed by atoms with E-state index in [1.165, 1.54) is 0 Å². The summed E-state index contributed by atoms with van der Waals surface area (Å²) in [5, 5.41) is 8.96. The summed E-state index contributed by atoms with van der Waals surface area (Å²) in [6.45, 7) is 6.39. The summed E-state index contributed by atoms with van der Waals surface area (Å²) < 4.78 is 0. The van der Waals surface area contributed by atoms with E-state index in [4.69, 9.17) is 9.94 Å². The minimum absolute atomic E-state index is 0.0757. The molecule has 1 saturated heterocycles. The Morgan fingerprint density at radius 2 is 1.78 bits per heavy atom. The number of piperazine rings is 1. The van der Waals surface area contributed by atoms with E-state index < -0.39 is 0 Å². The third-order valence-electron chi connectivity index (χ3n) is 4.42. The molecule has 2 heterocycles. The number of β-amino-alcohol motifs (C(OH)–C–C–N with tert-alkyl or cyclic N) is 1. The van der Waals surface area contributed by atoms with Crippen LogP contribution < -0.4 is 5.48 Å². The number of hydroxylamine groups is 1. The van der Waals surface area contributed by atoms with Gasteiger partial charge in [-0.1, -0.05) is 30.3 Å². The van der Waals surface area contributed by atoms with Gasteiger partial charge < -0.3 is 14.8 Å². The minimum atomic E-state index is -0.0757. The Kier molecular flexibility index (Phi) is 5.99. The molecule has 6 heteroatoms. The number of rotatable bonds is 7. The highest BCUT2D eigenvalue weighted by atomic mass is 16.7. The molecule has 0 aromatic heterocycles. The normalized spacial score (nSPS) is 22.8. The van der Waals surface area contributed by atoms with E-state index in [0.29, 0.717) is 0 Å². The molecule has 2 N–H and O–H groups in total. The fourth-order valence-corrected chi connectivity index (χ4v) is 3.05. The van der Waals surface area contributed by atoms with Gasteiger partial charge in [-0.05, 0) is 18.5 Å². The maximum atomic E-state index is 8.96. The van der Waals surface area contributed by atoms with Gasteiger partial charge in [0.1, 0.15) is 0 Å². The van der Waals surface area contributed by atoms with Crippen molar-refractivity contribution in [1.29, 1.82) is 0 Å². The van der Waals surface area contributed by atoms with Crippen LogP contribution >= 0.6 is 0 Å². The summed E-state index contributed by atoms with van der Waals surface area (Å²) >= 11 is 0. The van der Waals surface area contributed by atoms with Crippen LogP contribution in [0.4, 0.5) is 0 Å². The summed E-state index contributed by atoms with van der Waals surface area (Å²) in [6.07, 6.45) is 1.85. The second-order valence-electron chi connectivity index (χ2n) is 6.07. The lowest BCUT2D eigenvalue weighted by atomic mass is 10.2. The number of aliphatic hydroxyl groups is 1. The molecule has 126 valence electrons. The zero-order chi connectivity index (χ0) is 15.9. The fraction of sp³-hybridized carbons (Fsp3) is 0.588. The maximum absolute atomic E-state index is 8.96. The number of hydrogen-bond acceptors (Lipinski definition) is 6. The number of nitrogens with one attached hydrogen (secondary N) is 1. The van der Waals surface area contributed by atoms with Crippen molar-refractivity contribution in [2.24, 2.45) is 4.99 Å². The van der Waals surface area contributed by atoms with Crippen LogP contribution in [0.15, 0.2) is 35.3 Å². The zero-order valence-electron chi connectivity index (χ0n) is 13.5. The number of hydrogen-bond donors (Lipinski definition) is 2. The Morgan fingerprint density at radius 1 is 1.09 bits per heavy atom. The molecule has 2 aliphatic rings. The predicted octanol–water partition coefficient (Wildman–Crippen LogP) is 1.01. The van der Waals surface area contributed by atoms with Crippen LogP contribution in [0.2, 0.25) is 0 Å². The van der Waals surface area contributed by atoms with Crippen LogP contribution in [0, 0.1) is 0 Å². The molecule has 3 rings (SSSR count). The molecule has 2 aliphatic heterocycles. The average molecular weight is 318 g/mol. The number of aliphatic imine (C=N–C) groups is 1. The Labute approximate surface area is 137 Å². The number of benzene rings is 1. The van der Waals surface area contributed by atoms with E-state index in [9.17, 15) is 0 Å². The molecule has 1 fully saturated rings. The fourth-order valence-electron chi connectivity index (χ4n) is 3.05. The van der Waals surface area contributed by atoms with Gasteiger partial charge in [-0.3, -0.25) is 4.90 Å². The first-order valence-electron chi connectivity index (χ1n) is 8.45. The summed E-state index contributed by atoms with van der Waals surface area (Å²) in [7, 11) is 0. The van der Waals surface area contributed by atoms with Crippen molar-refractivity contribution in [1.82, 2.24) is 15.3 Å². The first-order valence-corrected chi connectivity index (χ1v) is 8.45. The van der Waals surface area contributed by atoms with Gasteiger partial charge in [0.15, 0.2) is 6.17 Å². The molecule has 6 nitrogen and oxygen atoms in total. The Hall–Kier alpha value is -1.47. The summed E-state index contributed by atoms with van der Waals surface area (Å²) in [5.74, 6) is 0.803. The van der Waals surface area contributed by atoms with Crippen molar-refractivity contribution >= 4 is 5.90 Å². The second kappa shape index (κ2) is 8.40. The van der Waals surface area contributed by atoms with E-state index in [1.54, 1.807) is 0 Å². The van der Waals surface area contributed by atoms with Gasteiger partial charge in [-0.25, -0.2) is 4.99 Å². The van der Waals surface area contributed by atoms with Crippen molar-refractivity contribution in [3.8, 4) is 0 Å². The van der Waals surface area contributed by atoms with Crippen LogP contribution in [0.1, 0.15) is 24.6 Å². The van der Waals surface area contributed by atoms with E-state index in [0.717, 1.165) is 63.6 Å². The van der Waals surface area contributed by atoms with Gasteiger partial charge in [0.25, 0.3) is 0 Å². The molecule has 0 bridgehead atoms. The van der Waals surface area contributed by atoms with Crippen LogP contribution in [-0.2, 0) is 4.84 Å². The van der Waals surface area contributed by atoms with E-state index in [-0.39, 0.29) is 12.8 Å². The topological polar surface area (TPSA) is 60.3 Å². The van der Waals surface area contributed by atoms with Gasteiger partial charge in [0.2, 0.25) is 5.90 Å². The molecule has 0 unspecified atom stereocenters. The third kappa shape index (κ3) is 4.75. The highest BCUT2D eigenvalue weighted by molar-refractivity contribution is 5.77. The van der Waals surface area contributed by atoms with Gasteiger partial charge in [0, 0.05) is 39.1 Å². The Balaban J connectivity index is 1.37. The highest BCUT2D eigenvalue weighted by Crippen LogP contribution is 2.19. The zero-order valence-corrected chi connectivity index (χ0v) is 13.5. The molecule has 1 aromatic carbocycles. The van der Waals surface area contributed by atoms with Crippen molar-refractivity contribution in [2.75, 3.05) is 45.9 Å².